The molecule has 0 spiro atoms. The van der Waals surface area contributed by atoms with Crippen LogP contribution in [-0.4, -0.2) is 17.6 Å². The Morgan fingerprint density at radius 1 is 1.50 bits per heavy atom. The van der Waals surface area contributed by atoms with Gasteiger partial charge in [0.1, 0.15) is 6.61 Å². The van der Waals surface area contributed by atoms with Crippen LogP contribution in [0.4, 0.5) is 0 Å². The summed E-state index contributed by atoms with van der Waals surface area (Å²) in [5.74, 6) is 0.688. The Bertz CT molecular complexity index is 341. The van der Waals surface area contributed by atoms with Gasteiger partial charge in [-0.1, -0.05) is 18.2 Å². The van der Waals surface area contributed by atoms with Gasteiger partial charge in [-0.3, -0.25) is 0 Å². The number of rotatable bonds is 6. The van der Waals surface area contributed by atoms with Crippen molar-refractivity contribution in [1.29, 1.82) is 0 Å². The molecular weight excluding hydrogens is 200 g/mol. The smallest absolute Gasteiger partial charge is 0.213 e. The molecule has 1 heterocycles. The van der Waals surface area contributed by atoms with Gasteiger partial charge in [0, 0.05) is 24.8 Å². The van der Waals surface area contributed by atoms with Gasteiger partial charge in [0.05, 0.1) is 0 Å². The van der Waals surface area contributed by atoms with Gasteiger partial charge < -0.3 is 10.1 Å². The third kappa shape index (κ3) is 3.66. The van der Waals surface area contributed by atoms with Gasteiger partial charge in [-0.05, 0) is 25.3 Å². The van der Waals surface area contributed by atoms with Crippen molar-refractivity contribution in [3.63, 3.8) is 0 Å². The molecule has 1 aliphatic carbocycles. The van der Waals surface area contributed by atoms with Crippen molar-refractivity contribution < 1.29 is 4.74 Å². The largest absolute Gasteiger partial charge is 0.473 e. The molecule has 0 saturated heterocycles. The summed E-state index contributed by atoms with van der Waals surface area (Å²) < 4.78 is 5.42. The Hall–Kier alpha value is -1.35. The lowest BCUT2D eigenvalue weighted by molar-refractivity contribution is 0.348. The van der Waals surface area contributed by atoms with Crippen molar-refractivity contribution in [3.8, 4) is 5.88 Å². The zero-order chi connectivity index (χ0) is 11.2. The van der Waals surface area contributed by atoms with Gasteiger partial charge in [-0.15, -0.1) is 0 Å². The van der Waals surface area contributed by atoms with E-state index < -0.39 is 0 Å². The van der Waals surface area contributed by atoms with Crippen LogP contribution in [0.5, 0.6) is 5.88 Å². The molecule has 1 saturated carbocycles. The van der Waals surface area contributed by atoms with Crippen LogP contribution >= 0.6 is 0 Å². The highest BCUT2D eigenvalue weighted by Gasteiger charge is 2.19. The third-order valence-electron chi connectivity index (χ3n) is 2.53. The van der Waals surface area contributed by atoms with Gasteiger partial charge in [0.25, 0.3) is 0 Å². The van der Waals surface area contributed by atoms with Crippen LogP contribution in [0.2, 0.25) is 0 Å². The minimum absolute atomic E-state index is 0.586. The first-order chi connectivity index (χ1) is 7.88. The summed E-state index contributed by atoms with van der Waals surface area (Å²) in [7, 11) is 0. The van der Waals surface area contributed by atoms with Gasteiger partial charge in [-0.25, -0.2) is 4.98 Å². The highest BCUT2D eigenvalue weighted by atomic mass is 16.5. The molecule has 1 fully saturated rings. The molecule has 0 unspecified atom stereocenters. The lowest BCUT2D eigenvalue weighted by Crippen LogP contribution is -2.15. The highest BCUT2D eigenvalue weighted by molar-refractivity contribution is 5.18. The van der Waals surface area contributed by atoms with Crippen molar-refractivity contribution in [2.75, 3.05) is 6.61 Å². The number of nitrogens with zero attached hydrogens (tertiary/aromatic N) is 1. The lowest BCUT2D eigenvalue weighted by Gasteiger charge is -2.04. The summed E-state index contributed by atoms with van der Waals surface area (Å²) in [6, 6.07) is 4.73. The monoisotopic (exact) mass is 218 g/mol. The number of pyridine rings is 1. The minimum Gasteiger partial charge on any atom is -0.473 e. The van der Waals surface area contributed by atoms with Crippen LogP contribution in [0.15, 0.2) is 30.5 Å². The van der Waals surface area contributed by atoms with E-state index in [9.17, 15) is 0 Å². The summed E-state index contributed by atoms with van der Waals surface area (Å²) in [5.41, 5.74) is 1.21. The molecule has 16 heavy (non-hydrogen) atoms. The van der Waals surface area contributed by atoms with E-state index >= 15 is 0 Å². The number of aromatic nitrogens is 1. The number of ether oxygens (including phenoxy) is 1. The highest BCUT2D eigenvalue weighted by Crippen LogP contribution is 2.19. The average molecular weight is 218 g/mol. The maximum absolute atomic E-state index is 5.42. The number of nitrogens with one attached hydrogen (secondary N) is 1. The molecule has 1 aromatic rings. The van der Waals surface area contributed by atoms with E-state index in [-0.39, 0.29) is 0 Å². The molecule has 1 aliphatic rings. The topological polar surface area (TPSA) is 34.1 Å². The first-order valence-corrected chi connectivity index (χ1v) is 5.81. The summed E-state index contributed by atoms with van der Waals surface area (Å²) in [6.45, 7) is 3.47. The fourth-order valence-corrected chi connectivity index (χ4v) is 1.38. The zero-order valence-corrected chi connectivity index (χ0v) is 9.65. The van der Waals surface area contributed by atoms with Crippen LogP contribution < -0.4 is 10.1 Å². The normalized spacial score (nSPS) is 15.6. The maximum Gasteiger partial charge on any atom is 0.213 e. The number of hydrogen-bond donors (Lipinski definition) is 1. The Morgan fingerprint density at radius 2 is 2.38 bits per heavy atom. The summed E-state index contributed by atoms with van der Waals surface area (Å²) >= 11 is 0. The predicted octanol–water partition coefficient (Wildman–Crippen LogP) is 2.29. The van der Waals surface area contributed by atoms with E-state index in [4.69, 9.17) is 4.74 Å². The molecule has 3 nitrogen and oxygen atoms in total. The van der Waals surface area contributed by atoms with Gasteiger partial charge >= 0.3 is 0 Å². The van der Waals surface area contributed by atoms with Crippen molar-refractivity contribution in [3.05, 3.63) is 36.0 Å². The molecule has 3 heteroatoms. The van der Waals surface area contributed by atoms with Crippen molar-refractivity contribution in [2.24, 2.45) is 0 Å². The van der Waals surface area contributed by atoms with E-state index in [0.29, 0.717) is 12.5 Å². The van der Waals surface area contributed by atoms with Crippen molar-refractivity contribution in [2.45, 2.75) is 32.4 Å². The summed E-state index contributed by atoms with van der Waals surface area (Å²) in [4.78, 5) is 4.25. The fourth-order valence-electron chi connectivity index (χ4n) is 1.38. The molecule has 1 aromatic heterocycles. The van der Waals surface area contributed by atoms with E-state index in [1.807, 2.05) is 31.3 Å². The molecular formula is C13H18N2O. The number of hydrogen-bond acceptors (Lipinski definition) is 3. The zero-order valence-electron chi connectivity index (χ0n) is 9.65. The maximum atomic E-state index is 5.42. The Labute approximate surface area is 96.5 Å². The Balaban J connectivity index is 1.78. The molecule has 0 atom stereocenters. The first kappa shape index (κ1) is 11.1. The van der Waals surface area contributed by atoms with Crippen LogP contribution in [-0.2, 0) is 6.54 Å². The molecule has 1 N–H and O–H groups in total. The van der Waals surface area contributed by atoms with Crippen molar-refractivity contribution >= 4 is 0 Å². The number of allylic oxidation sites excluding steroid dienone is 1. The molecule has 86 valence electrons. The van der Waals surface area contributed by atoms with Gasteiger partial charge in [0.15, 0.2) is 0 Å². The van der Waals surface area contributed by atoms with Crippen LogP contribution in [0.3, 0.4) is 0 Å². The second-order valence-corrected chi connectivity index (χ2v) is 4.04. The van der Waals surface area contributed by atoms with E-state index in [2.05, 4.69) is 16.4 Å². The Kier molecular flexibility index (Phi) is 3.94. The molecule has 0 bridgehead atoms. The molecule has 0 amide bonds. The molecule has 0 aromatic carbocycles. The minimum atomic E-state index is 0.586. The predicted molar refractivity (Wildman–Crippen MR) is 64.4 cm³/mol. The SMILES string of the molecule is CC=CCOc1ccc(CNC2CC2)cn1. The van der Waals surface area contributed by atoms with E-state index in [1.165, 1.54) is 18.4 Å². The van der Waals surface area contributed by atoms with E-state index in [0.717, 1.165) is 12.6 Å². The molecule has 0 aliphatic heterocycles. The second-order valence-electron chi connectivity index (χ2n) is 4.04. The summed E-state index contributed by atoms with van der Waals surface area (Å²) in [6.07, 6.45) is 8.44. The Morgan fingerprint density at radius 3 is 3.00 bits per heavy atom. The van der Waals surface area contributed by atoms with Gasteiger partial charge in [-0.2, -0.15) is 0 Å². The fraction of sp³-hybridized carbons (Fsp3) is 0.462. The first-order valence-electron chi connectivity index (χ1n) is 5.81. The van der Waals surface area contributed by atoms with Crippen LogP contribution in [0, 0.1) is 0 Å². The molecule has 0 radical (unpaired) electrons. The van der Waals surface area contributed by atoms with Crippen molar-refractivity contribution in [1.82, 2.24) is 10.3 Å². The average Bonchev–Trinajstić information content (AvgIpc) is 3.12. The quantitative estimate of drug-likeness (QED) is 0.744. The van der Waals surface area contributed by atoms with Crippen LogP contribution in [0.25, 0.3) is 0 Å². The third-order valence-corrected chi connectivity index (χ3v) is 2.53. The summed E-state index contributed by atoms with van der Waals surface area (Å²) in [5, 5.41) is 3.45. The van der Waals surface area contributed by atoms with E-state index in [1.54, 1.807) is 0 Å². The van der Waals surface area contributed by atoms with Crippen LogP contribution in [0.1, 0.15) is 25.3 Å². The second kappa shape index (κ2) is 5.66. The van der Waals surface area contributed by atoms with Gasteiger partial charge in [0.2, 0.25) is 5.88 Å². The standard InChI is InChI=1S/C13H18N2O/c1-2-3-8-16-13-7-4-11(10-15-13)9-14-12-5-6-12/h2-4,7,10,12,14H,5-6,8-9H2,1H3. The molecule has 2 rings (SSSR count). The lowest BCUT2D eigenvalue weighted by atomic mass is 10.3.